The highest BCUT2D eigenvalue weighted by Gasteiger charge is 2.16. The molecule has 0 aliphatic carbocycles. The Morgan fingerprint density at radius 1 is 1.42 bits per heavy atom. The number of hydrogen-bond donors (Lipinski definition) is 0. The Morgan fingerprint density at radius 3 is 2.50 bits per heavy atom. The van der Waals surface area contributed by atoms with Gasteiger partial charge in [-0.3, -0.25) is 4.79 Å². The summed E-state index contributed by atoms with van der Waals surface area (Å²) < 4.78 is 4.50. The maximum Gasteiger partial charge on any atom is 0.328 e. The summed E-state index contributed by atoms with van der Waals surface area (Å²) in [6, 6.07) is 9.09. The average Bonchev–Trinajstić information content (AvgIpc) is 2.17. The van der Waals surface area contributed by atoms with E-state index in [0.29, 0.717) is 0 Å². The number of carbonyl (C=O) groups is 1. The molecule has 12 heavy (non-hydrogen) atoms. The molecule has 1 atom stereocenters. The van der Waals surface area contributed by atoms with Crippen molar-refractivity contribution < 1.29 is 9.53 Å². The van der Waals surface area contributed by atoms with E-state index in [9.17, 15) is 4.79 Å². The maximum absolute atomic E-state index is 11.0. The molecule has 64 valence electrons. The van der Waals surface area contributed by atoms with E-state index < -0.39 is 11.3 Å². The van der Waals surface area contributed by atoms with E-state index in [4.69, 9.17) is 11.6 Å². The lowest BCUT2D eigenvalue weighted by Crippen LogP contribution is -2.08. The van der Waals surface area contributed by atoms with Crippen LogP contribution in [-0.2, 0) is 9.53 Å². The van der Waals surface area contributed by atoms with Gasteiger partial charge in [0, 0.05) is 0 Å². The zero-order valence-electron chi connectivity index (χ0n) is 6.66. The van der Waals surface area contributed by atoms with Crippen LogP contribution in [0.15, 0.2) is 30.3 Å². The number of benzene rings is 1. The highest BCUT2D eigenvalue weighted by molar-refractivity contribution is 6.29. The number of halogens is 1. The fraction of sp³-hybridized carbons (Fsp3) is 0.222. The zero-order valence-corrected chi connectivity index (χ0v) is 7.41. The van der Waals surface area contributed by atoms with Gasteiger partial charge < -0.3 is 4.74 Å². The van der Waals surface area contributed by atoms with E-state index in [-0.39, 0.29) is 0 Å². The first kappa shape index (κ1) is 9.07. The van der Waals surface area contributed by atoms with Gasteiger partial charge in [0.15, 0.2) is 5.38 Å². The third-order valence-electron chi connectivity index (χ3n) is 1.50. The minimum absolute atomic E-state index is 0.428. The minimum atomic E-state index is -0.698. The molecule has 1 aromatic carbocycles. The van der Waals surface area contributed by atoms with Crippen LogP contribution in [-0.4, -0.2) is 13.1 Å². The van der Waals surface area contributed by atoms with Gasteiger partial charge >= 0.3 is 5.97 Å². The molecule has 2 nitrogen and oxygen atoms in total. The molecule has 0 amide bonds. The molecule has 0 saturated heterocycles. The molecule has 0 aliphatic rings. The van der Waals surface area contributed by atoms with Crippen LogP contribution in [0.2, 0.25) is 0 Å². The van der Waals surface area contributed by atoms with E-state index in [1.165, 1.54) is 7.11 Å². The summed E-state index contributed by atoms with van der Waals surface area (Å²) in [5.74, 6) is -0.428. The van der Waals surface area contributed by atoms with Crippen molar-refractivity contribution in [2.24, 2.45) is 0 Å². The second-order valence-electron chi connectivity index (χ2n) is 2.30. The van der Waals surface area contributed by atoms with Gasteiger partial charge in [-0.25, -0.2) is 0 Å². The molecule has 0 spiro atoms. The van der Waals surface area contributed by atoms with Crippen LogP contribution in [0.1, 0.15) is 10.9 Å². The Balaban J connectivity index is 2.78. The molecule has 1 aromatic rings. The van der Waals surface area contributed by atoms with Gasteiger partial charge in [-0.05, 0) is 5.56 Å². The topological polar surface area (TPSA) is 26.3 Å². The molecule has 0 fully saturated rings. The summed E-state index contributed by atoms with van der Waals surface area (Å²) in [6.07, 6.45) is 0. The van der Waals surface area contributed by atoms with Crippen LogP contribution in [0, 0.1) is 0 Å². The van der Waals surface area contributed by atoms with E-state index >= 15 is 0 Å². The number of methoxy groups -OCH3 is 1. The Morgan fingerprint density at radius 2 is 2.00 bits per heavy atom. The summed E-state index contributed by atoms with van der Waals surface area (Å²) in [5.41, 5.74) is 0.756. The minimum Gasteiger partial charge on any atom is -0.468 e. The lowest BCUT2D eigenvalue weighted by molar-refractivity contribution is -0.140. The van der Waals surface area contributed by atoms with Gasteiger partial charge in [-0.2, -0.15) is 0 Å². The standard InChI is InChI=1S/C9H9ClO2/c1-12-9(11)8(10)7-5-3-2-4-6-7/h2-6,8H,1H3. The first-order chi connectivity index (χ1) is 5.75. The van der Waals surface area contributed by atoms with Crippen LogP contribution in [0.25, 0.3) is 0 Å². The van der Waals surface area contributed by atoms with Crippen molar-refractivity contribution in [2.45, 2.75) is 5.38 Å². The summed E-state index contributed by atoms with van der Waals surface area (Å²) in [7, 11) is 1.32. The van der Waals surface area contributed by atoms with Gasteiger partial charge in [0.2, 0.25) is 0 Å². The first-order valence-corrected chi connectivity index (χ1v) is 3.96. The third-order valence-corrected chi connectivity index (χ3v) is 1.93. The molecule has 0 aliphatic heterocycles. The summed E-state index contributed by atoms with van der Waals surface area (Å²) in [5, 5.41) is -0.698. The number of hydrogen-bond acceptors (Lipinski definition) is 2. The number of carbonyl (C=O) groups excluding carboxylic acids is 1. The molecular weight excluding hydrogens is 176 g/mol. The molecule has 3 heteroatoms. The Hall–Kier alpha value is -1.02. The van der Waals surface area contributed by atoms with Crippen LogP contribution in [0.5, 0.6) is 0 Å². The van der Waals surface area contributed by atoms with Crippen molar-refractivity contribution in [3.05, 3.63) is 35.9 Å². The molecular formula is C9H9ClO2. The molecule has 0 bridgehead atoms. The number of alkyl halides is 1. The predicted octanol–water partition coefficient (Wildman–Crippen LogP) is 2.14. The number of esters is 1. The fourth-order valence-electron chi connectivity index (χ4n) is 0.862. The van der Waals surface area contributed by atoms with E-state index in [2.05, 4.69) is 4.74 Å². The number of rotatable bonds is 2. The van der Waals surface area contributed by atoms with Crippen LogP contribution in [0.3, 0.4) is 0 Å². The summed E-state index contributed by atoms with van der Waals surface area (Å²) >= 11 is 5.78. The molecule has 0 radical (unpaired) electrons. The smallest absolute Gasteiger partial charge is 0.328 e. The van der Waals surface area contributed by atoms with Gasteiger partial charge in [0.1, 0.15) is 0 Å². The van der Waals surface area contributed by atoms with E-state index in [1.54, 1.807) is 12.1 Å². The Bertz CT molecular complexity index is 258. The van der Waals surface area contributed by atoms with Crippen molar-refractivity contribution in [3.63, 3.8) is 0 Å². The Kier molecular flexibility index (Phi) is 3.11. The van der Waals surface area contributed by atoms with Crippen molar-refractivity contribution in [2.75, 3.05) is 7.11 Å². The van der Waals surface area contributed by atoms with Crippen molar-refractivity contribution in [1.82, 2.24) is 0 Å². The lowest BCUT2D eigenvalue weighted by Gasteiger charge is -2.05. The van der Waals surface area contributed by atoms with Gasteiger partial charge in [-0.15, -0.1) is 11.6 Å². The largest absolute Gasteiger partial charge is 0.468 e. The van der Waals surface area contributed by atoms with Gasteiger partial charge in [-0.1, -0.05) is 30.3 Å². The van der Waals surface area contributed by atoms with E-state index in [0.717, 1.165) is 5.56 Å². The maximum atomic E-state index is 11.0. The SMILES string of the molecule is COC(=O)C(Cl)c1ccccc1. The van der Waals surface area contributed by atoms with Gasteiger partial charge in [0.25, 0.3) is 0 Å². The fourth-order valence-corrected chi connectivity index (χ4v) is 1.10. The van der Waals surface area contributed by atoms with Crippen LogP contribution in [0.4, 0.5) is 0 Å². The average molecular weight is 185 g/mol. The molecule has 0 heterocycles. The lowest BCUT2D eigenvalue weighted by atomic mass is 10.1. The van der Waals surface area contributed by atoms with Crippen LogP contribution >= 0.6 is 11.6 Å². The number of ether oxygens (including phenoxy) is 1. The highest BCUT2D eigenvalue weighted by Crippen LogP contribution is 2.20. The normalized spacial score (nSPS) is 12.2. The summed E-state index contributed by atoms with van der Waals surface area (Å²) in [4.78, 5) is 11.0. The quantitative estimate of drug-likeness (QED) is 0.520. The third kappa shape index (κ3) is 1.98. The molecule has 0 saturated carbocycles. The first-order valence-electron chi connectivity index (χ1n) is 3.52. The monoisotopic (exact) mass is 184 g/mol. The second-order valence-corrected chi connectivity index (χ2v) is 2.73. The van der Waals surface area contributed by atoms with Crippen LogP contribution < -0.4 is 0 Å². The van der Waals surface area contributed by atoms with Crippen molar-refractivity contribution >= 4 is 17.6 Å². The molecule has 0 aromatic heterocycles. The molecule has 0 N–H and O–H groups in total. The molecule has 1 unspecified atom stereocenters. The predicted molar refractivity (Wildman–Crippen MR) is 47.1 cm³/mol. The second kappa shape index (κ2) is 4.12. The highest BCUT2D eigenvalue weighted by atomic mass is 35.5. The Labute approximate surface area is 76.1 Å². The van der Waals surface area contributed by atoms with Crippen molar-refractivity contribution in [3.8, 4) is 0 Å². The molecule has 1 rings (SSSR count). The zero-order chi connectivity index (χ0) is 8.97. The van der Waals surface area contributed by atoms with Crippen molar-refractivity contribution in [1.29, 1.82) is 0 Å². The van der Waals surface area contributed by atoms with Gasteiger partial charge in [0.05, 0.1) is 7.11 Å². The summed E-state index contributed by atoms with van der Waals surface area (Å²) in [6.45, 7) is 0. The van der Waals surface area contributed by atoms with E-state index in [1.807, 2.05) is 18.2 Å².